The molecule has 11 rings (SSSR count). The van der Waals surface area contributed by atoms with E-state index in [-0.39, 0.29) is 0 Å². The van der Waals surface area contributed by atoms with Gasteiger partial charge in [0.2, 0.25) is 0 Å². The lowest BCUT2D eigenvalue weighted by molar-refractivity contribution is 0.669. The Kier molecular flexibility index (Phi) is 6.63. The summed E-state index contributed by atoms with van der Waals surface area (Å²) in [6, 6.07) is 63.8. The molecule has 0 atom stereocenters. The molecule has 3 heterocycles. The van der Waals surface area contributed by atoms with Gasteiger partial charge in [0, 0.05) is 62.5 Å². The van der Waals surface area contributed by atoms with Crippen molar-refractivity contribution in [2.75, 3.05) is 4.90 Å². The van der Waals surface area contributed by atoms with Crippen molar-refractivity contribution in [3.8, 4) is 22.3 Å². The summed E-state index contributed by atoms with van der Waals surface area (Å²) in [4.78, 5) is 2.43. The Morgan fingerprint density at radius 3 is 1.77 bits per heavy atom. The number of anilines is 3. The van der Waals surface area contributed by atoms with Crippen LogP contribution in [0.1, 0.15) is 0 Å². The molecule has 8 aromatic carbocycles. The molecular weight excluding hydrogens is 671 g/mol. The fourth-order valence-corrected chi connectivity index (χ4v) is 10.2. The Bertz CT molecular complexity index is 3150. The highest BCUT2D eigenvalue weighted by molar-refractivity contribution is 7.26. The van der Waals surface area contributed by atoms with E-state index in [0.717, 1.165) is 44.4 Å². The molecule has 0 aliphatic carbocycles. The molecule has 0 bridgehead atoms. The minimum Gasteiger partial charge on any atom is -0.456 e. The summed E-state index contributed by atoms with van der Waals surface area (Å²) in [5.41, 5.74) is 10.0. The van der Waals surface area contributed by atoms with Gasteiger partial charge in [-0.15, -0.1) is 22.7 Å². The van der Waals surface area contributed by atoms with Crippen molar-refractivity contribution in [1.29, 1.82) is 0 Å². The molecule has 3 aromatic heterocycles. The Labute approximate surface area is 308 Å². The number of para-hydroxylation sites is 1. The predicted octanol–water partition coefficient (Wildman–Crippen LogP) is 15.1. The van der Waals surface area contributed by atoms with Crippen molar-refractivity contribution < 1.29 is 4.42 Å². The van der Waals surface area contributed by atoms with Gasteiger partial charge in [0.25, 0.3) is 0 Å². The van der Waals surface area contributed by atoms with Crippen LogP contribution in [-0.4, -0.2) is 0 Å². The molecule has 2 nitrogen and oxygen atoms in total. The van der Waals surface area contributed by atoms with E-state index in [2.05, 4.69) is 169 Å². The van der Waals surface area contributed by atoms with E-state index in [1.54, 1.807) is 0 Å². The maximum absolute atomic E-state index is 6.16. The summed E-state index contributed by atoms with van der Waals surface area (Å²) < 4.78 is 11.4. The van der Waals surface area contributed by atoms with Crippen LogP contribution in [0.15, 0.2) is 180 Å². The SMILES string of the molecule is c1cc(-c2ccc3oc4ccccc4c3c2)cc(N(c2ccc(-c3cccc4sc5ccccc5c34)cc2)c2cccc3sc4ccccc4c23)c1. The number of hydrogen-bond acceptors (Lipinski definition) is 4. The molecule has 0 saturated carbocycles. The first-order chi connectivity index (χ1) is 25.8. The molecule has 52 heavy (non-hydrogen) atoms. The summed E-state index contributed by atoms with van der Waals surface area (Å²) in [6.07, 6.45) is 0. The van der Waals surface area contributed by atoms with Crippen molar-refractivity contribution in [2.45, 2.75) is 0 Å². The van der Waals surface area contributed by atoms with E-state index in [1.165, 1.54) is 57.2 Å². The fourth-order valence-electron chi connectivity index (χ4n) is 7.90. The summed E-state index contributed by atoms with van der Waals surface area (Å²) >= 11 is 3.72. The summed E-state index contributed by atoms with van der Waals surface area (Å²) in [7, 11) is 0. The van der Waals surface area contributed by atoms with E-state index >= 15 is 0 Å². The minimum absolute atomic E-state index is 0.907. The molecule has 0 spiro atoms. The highest BCUT2D eigenvalue weighted by Crippen LogP contribution is 2.46. The fraction of sp³-hybridized carbons (Fsp3) is 0. The van der Waals surface area contributed by atoms with Crippen LogP contribution in [-0.2, 0) is 0 Å². The van der Waals surface area contributed by atoms with Gasteiger partial charge in [-0.3, -0.25) is 0 Å². The lowest BCUT2D eigenvalue weighted by atomic mass is 9.98. The van der Waals surface area contributed by atoms with E-state index in [4.69, 9.17) is 4.42 Å². The van der Waals surface area contributed by atoms with E-state index < -0.39 is 0 Å². The third kappa shape index (κ3) is 4.62. The second kappa shape index (κ2) is 11.7. The second-order valence-corrected chi connectivity index (χ2v) is 15.4. The molecule has 4 heteroatoms. The van der Waals surface area contributed by atoms with Crippen LogP contribution in [0.3, 0.4) is 0 Å². The summed E-state index contributed by atoms with van der Waals surface area (Å²) in [5, 5.41) is 7.48. The standard InChI is InChI=1S/C48H29NOS2/c1-4-17-41-36(12-1)39-29-32(24-27-42(39)50-41)31-10-7-11-34(28-31)49(40-16-9-21-46-48(40)38-14-3-6-19-44(38)52-46)33-25-22-30(23-26-33)35-15-8-20-45-47(35)37-13-2-5-18-43(37)51-45/h1-29H. The van der Waals surface area contributed by atoms with Crippen molar-refractivity contribution in [3.63, 3.8) is 0 Å². The lowest BCUT2D eigenvalue weighted by Gasteiger charge is -2.27. The van der Waals surface area contributed by atoms with Gasteiger partial charge in [0.05, 0.1) is 5.69 Å². The van der Waals surface area contributed by atoms with Crippen LogP contribution < -0.4 is 4.90 Å². The first-order valence-corrected chi connectivity index (χ1v) is 19.1. The molecule has 0 fully saturated rings. The topological polar surface area (TPSA) is 16.4 Å². The Balaban J connectivity index is 1.09. The van der Waals surface area contributed by atoms with E-state index in [0.29, 0.717) is 0 Å². The van der Waals surface area contributed by atoms with Gasteiger partial charge in [0.15, 0.2) is 0 Å². The summed E-state index contributed by atoms with van der Waals surface area (Å²) in [6.45, 7) is 0. The number of rotatable bonds is 5. The first kappa shape index (κ1) is 29.5. The van der Waals surface area contributed by atoms with Gasteiger partial charge in [-0.1, -0.05) is 103 Å². The average Bonchev–Trinajstić information content (AvgIpc) is 3.90. The van der Waals surface area contributed by atoms with Crippen LogP contribution in [0.5, 0.6) is 0 Å². The third-order valence-corrected chi connectivity index (χ3v) is 12.5. The van der Waals surface area contributed by atoms with Crippen molar-refractivity contribution in [1.82, 2.24) is 0 Å². The zero-order chi connectivity index (χ0) is 34.2. The molecule has 244 valence electrons. The Morgan fingerprint density at radius 2 is 0.962 bits per heavy atom. The number of benzene rings is 8. The monoisotopic (exact) mass is 699 g/mol. The average molecular weight is 700 g/mol. The van der Waals surface area contributed by atoms with Gasteiger partial charge in [-0.05, 0) is 95.1 Å². The van der Waals surface area contributed by atoms with Crippen LogP contribution in [0.4, 0.5) is 17.1 Å². The van der Waals surface area contributed by atoms with Crippen LogP contribution >= 0.6 is 22.7 Å². The van der Waals surface area contributed by atoms with Crippen LogP contribution in [0, 0.1) is 0 Å². The normalized spacial score (nSPS) is 11.8. The number of thiophene rings is 2. The van der Waals surface area contributed by atoms with Crippen molar-refractivity contribution >= 4 is 102 Å². The molecule has 0 unspecified atom stereocenters. The largest absolute Gasteiger partial charge is 0.456 e. The van der Waals surface area contributed by atoms with Crippen molar-refractivity contribution in [3.05, 3.63) is 176 Å². The smallest absolute Gasteiger partial charge is 0.135 e. The van der Waals surface area contributed by atoms with Gasteiger partial charge in [-0.25, -0.2) is 0 Å². The minimum atomic E-state index is 0.907. The maximum atomic E-state index is 6.16. The third-order valence-electron chi connectivity index (χ3n) is 10.3. The number of nitrogens with zero attached hydrogens (tertiary/aromatic N) is 1. The Hall–Kier alpha value is -6.20. The highest BCUT2D eigenvalue weighted by atomic mass is 32.1. The molecule has 0 N–H and O–H groups in total. The molecular formula is C48H29NOS2. The number of furan rings is 1. The molecule has 0 aliphatic heterocycles. The van der Waals surface area contributed by atoms with Crippen LogP contribution in [0.2, 0.25) is 0 Å². The van der Waals surface area contributed by atoms with Gasteiger partial charge in [0.1, 0.15) is 11.2 Å². The first-order valence-electron chi connectivity index (χ1n) is 17.5. The molecule has 0 amide bonds. The lowest BCUT2D eigenvalue weighted by Crippen LogP contribution is -2.10. The van der Waals surface area contributed by atoms with E-state index in [9.17, 15) is 0 Å². The number of fused-ring (bicyclic) bond motifs is 9. The quantitative estimate of drug-likeness (QED) is 0.178. The molecule has 0 saturated heterocycles. The number of hydrogen-bond donors (Lipinski definition) is 0. The highest BCUT2D eigenvalue weighted by Gasteiger charge is 2.20. The van der Waals surface area contributed by atoms with Gasteiger partial charge < -0.3 is 9.32 Å². The summed E-state index contributed by atoms with van der Waals surface area (Å²) in [5.74, 6) is 0. The second-order valence-electron chi connectivity index (χ2n) is 13.3. The van der Waals surface area contributed by atoms with Crippen molar-refractivity contribution in [2.24, 2.45) is 0 Å². The molecule has 0 radical (unpaired) electrons. The van der Waals surface area contributed by atoms with Crippen LogP contribution in [0.25, 0.3) is 84.5 Å². The Morgan fingerprint density at radius 1 is 0.365 bits per heavy atom. The van der Waals surface area contributed by atoms with E-state index in [1.807, 2.05) is 34.8 Å². The molecule has 11 aromatic rings. The maximum Gasteiger partial charge on any atom is 0.135 e. The predicted molar refractivity (Wildman–Crippen MR) is 225 cm³/mol. The van der Waals surface area contributed by atoms with Gasteiger partial charge in [-0.2, -0.15) is 0 Å². The zero-order valence-corrected chi connectivity index (χ0v) is 29.5. The van der Waals surface area contributed by atoms with Gasteiger partial charge >= 0.3 is 0 Å². The molecule has 0 aliphatic rings. The zero-order valence-electron chi connectivity index (χ0n) is 27.9.